The molecule has 0 aromatic carbocycles. The average Bonchev–Trinajstić information content (AvgIpc) is 3.19. The number of pyridine rings is 1. The largest absolute Gasteiger partial charge is 0.383 e. The fourth-order valence-electron chi connectivity index (χ4n) is 4.02. The number of sulfone groups is 1. The smallest absolute Gasteiger partial charge is 0.258 e. The van der Waals surface area contributed by atoms with E-state index in [0.717, 1.165) is 5.52 Å². The first-order chi connectivity index (χ1) is 12.5. The monoisotopic (exact) mass is 378 g/mol. The van der Waals surface area contributed by atoms with Crippen LogP contribution in [0.4, 0.5) is 0 Å². The van der Waals surface area contributed by atoms with E-state index in [9.17, 15) is 13.2 Å². The molecule has 8 nitrogen and oxygen atoms in total. The van der Waals surface area contributed by atoms with E-state index in [0.29, 0.717) is 31.8 Å². The van der Waals surface area contributed by atoms with Gasteiger partial charge in [0.2, 0.25) is 0 Å². The molecule has 140 valence electrons. The molecule has 0 saturated carbocycles. The minimum atomic E-state index is -3.16. The summed E-state index contributed by atoms with van der Waals surface area (Å²) in [7, 11) is -1.53. The van der Waals surface area contributed by atoms with E-state index in [1.54, 1.807) is 28.9 Å². The number of aromatic nitrogens is 2. The maximum Gasteiger partial charge on any atom is 0.258 e. The first-order valence-corrected chi connectivity index (χ1v) is 10.5. The molecule has 4 rings (SSSR count). The third kappa shape index (κ3) is 3.00. The molecule has 2 saturated heterocycles. The summed E-state index contributed by atoms with van der Waals surface area (Å²) in [5.74, 6) is -0.0313. The lowest BCUT2D eigenvalue weighted by Crippen LogP contribution is -2.61. The normalized spacial score (nSPS) is 25.5. The van der Waals surface area contributed by atoms with Gasteiger partial charge in [0.1, 0.15) is 0 Å². The second kappa shape index (κ2) is 6.64. The molecule has 0 aliphatic carbocycles. The average molecular weight is 378 g/mol. The van der Waals surface area contributed by atoms with Crippen LogP contribution in [0, 0.1) is 0 Å². The number of nitrogens with zero attached hydrogens (tertiary/aromatic N) is 4. The molecule has 2 aromatic rings. The van der Waals surface area contributed by atoms with Crippen LogP contribution in [0.5, 0.6) is 0 Å². The highest BCUT2D eigenvalue weighted by Gasteiger charge is 2.48. The highest BCUT2D eigenvalue weighted by atomic mass is 32.2. The van der Waals surface area contributed by atoms with Crippen LogP contribution in [0.2, 0.25) is 0 Å². The number of ether oxygens (including phenoxy) is 1. The van der Waals surface area contributed by atoms with Crippen molar-refractivity contribution in [1.29, 1.82) is 0 Å². The van der Waals surface area contributed by atoms with E-state index in [1.807, 2.05) is 18.2 Å². The van der Waals surface area contributed by atoms with Crippen LogP contribution in [0.1, 0.15) is 10.4 Å². The number of rotatable bonds is 4. The molecular formula is C17H22N4O4S. The highest BCUT2D eigenvalue weighted by molar-refractivity contribution is 7.91. The first kappa shape index (κ1) is 17.4. The first-order valence-electron chi connectivity index (χ1n) is 8.67. The molecule has 0 spiro atoms. The van der Waals surface area contributed by atoms with E-state index in [4.69, 9.17) is 4.74 Å². The fourth-order valence-corrected chi connectivity index (χ4v) is 6.03. The standard InChI is InChI=1S/C17H22N4O4S/c1-25-9-8-19-6-7-20(16-12-26(23,24)11-15(16)19)17(22)13-10-18-21-5-3-2-4-14(13)21/h2-5,10,15-16H,6-9,11-12H2,1H3/t15-,16+/m0/s1. The van der Waals surface area contributed by atoms with Crippen molar-refractivity contribution in [3.05, 3.63) is 36.2 Å². The third-order valence-electron chi connectivity index (χ3n) is 5.29. The van der Waals surface area contributed by atoms with Gasteiger partial charge in [-0.1, -0.05) is 6.07 Å². The van der Waals surface area contributed by atoms with Crippen molar-refractivity contribution in [3.8, 4) is 0 Å². The summed E-state index contributed by atoms with van der Waals surface area (Å²) in [6.45, 7) is 2.37. The summed E-state index contributed by atoms with van der Waals surface area (Å²) in [6, 6.07) is 5.06. The molecule has 0 unspecified atom stereocenters. The van der Waals surface area contributed by atoms with Crippen molar-refractivity contribution in [3.63, 3.8) is 0 Å². The molecule has 2 atom stereocenters. The van der Waals surface area contributed by atoms with Gasteiger partial charge in [0.25, 0.3) is 5.91 Å². The second-order valence-electron chi connectivity index (χ2n) is 6.83. The molecule has 2 aliphatic rings. The van der Waals surface area contributed by atoms with Gasteiger partial charge in [-0.3, -0.25) is 9.69 Å². The predicted molar refractivity (Wildman–Crippen MR) is 95.9 cm³/mol. The molecule has 9 heteroatoms. The number of amides is 1. The molecule has 0 N–H and O–H groups in total. The van der Waals surface area contributed by atoms with E-state index < -0.39 is 9.84 Å². The van der Waals surface area contributed by atoms with Gasteiger partial charge < -0.3 is 9.64 Å². The van der Waals surface area contributed by atoms with Crippen molar-refractivity contribution in [2.45, 2.75) is 12.1 Å². The van der Waals surface area contributed by atoms with Gasteiger partial charge in [-0.15, -0.1) is 0 Å². The summed E-state index contributed by atoms with van der Waals surface area (Å²) < 4.78 is 31.3. The van der Waals surface area contributed by atoms with Crippen LogP contribution >= 0.6 is 0 Å². The molecular weight excluding hydrogens is 356 g/mol. The number of fused-ring (bicyclic) bond motifs is 2. The number of piperazine rings is 1. The zero-order chi connectivity index (χ0) is 18.3. The summed E-state index contributed by atoms with van der Waals surface area (Å²) in [4.78, 5) is 17.0. The van der Waals surface area contributed by atoms with Crippen LogP contribution in [-0.2, 0) is 14.6 Å². The number of hydrogen-bond donors (Lipinski definition) is 0. The van der Waals surface area contributed by atoms with E-state index in [1.165, 1.54) is 0 Å². The Morgan fingerprint density at radius 3 is 2.88 bits per heavy atom. The lowest BCUT2D eigenvalue weighted by molar-refractivity contribution is 0.0248. The van der Waals surface area contributed by atoms with Crippen LogP contribution in [0.3, 0.4) is 0 Å². The van der Waals surface area contributed by atoms with Crippen molar-refractivity contribution in [1.82, 2.24) is 19.4 Å². The van der Waals surface area contributed by atoms with Gasteiger partial charge in [-0.2, -0.15) is 5.10 Å². The van der Waals surface area contributed by atoms with Gasteiger partial charge in [0, 0.05) is 39.0 Å². The predicted octanol–water partition coefficient (Wildman–Crippen LogP) is -0.0959. The molecule has 2 fully saturated rings. The summed E-state index contributed by atoms with van der Waals surface area (Å²) in [6.07, 6.45) is 3.35. The minimum Gasteiger partial charge on any atom is -0.383 e. The zero-order valence-corrected chi connectivity index (χ0v) is 15.4. The third-order valence-corrected chi connectivity index (χ3v) is 6.99. The highest BCUT2D eigenvalue weighted by Crippen LogP contribution is 2.28. The van der Waals surface area contributed by atoms with Gasteiger partial charge in [0.15, 0.2) is 9.84 Å². The molecule has 26 heavy (non-hydrogen) atoms. The molecule has 2 aromatic heterocycles. The lowest BCUT2D eigenvalue weighted by atomic mass is 10.0. The maximum absolute atomic E-state index is 13.2. The molecule has 1 amide bonds. The van der Waals surface area contributed by atoms with Crippen LogP contribution in [-0.4, -0.2) is 90.7 Å². The second-order valence-corrected chi connectivity index (χ2v) is 8.98. The van der Waals surface area contributed by atoms with Crippen LogP contribution in [0.15, 0.2) is 30.6 Å². The van der Waals surface area contributed by atoms with Crippen molar-refractivity contribution < 1.29 is 17.9 Å². The summed E-state index contributed by atoms with van der Waals surface area (Å²) >= 11 is 0. The van der Waals surface area contributed by atoms with E-state index in [2.05, 4.69) is 10.00 Å². The number of methoxy groups -OCH3 is 1. The summed E-state index contributed by atoms with van der Waals surface area (Å²) in [5.41, 5.74) is 1.25. The van der Waals surface area contributed by atoms with Gasteiger partial charge >= 0.3 is 0 Å². The number of carbonyl (C=O) groups is 1. The van der Waals surface area contributed by atoms with Gasteiger partial charge in [0.05, 0.1) is 41.4 Å². The van der Waals surface area contributed by atoms with Crippen LogP contribution < -0.4 is 0 Å². The Kier molecular flexibility index (Phi) is 4.45. The minimum absolute atomic E-state index is 0.0199. The molecule has 0 radical (unpaired) electrons. The quantitative estimate of drug-likeness (QED) is 0.739. The summed E-state index contributed by atoms with van der Waals surface area (Å²) in [5, 5.41) is 4.23. The Morgan fingerprint density at radius 2 is 2.08 bits per heavy atom. The Labute approximate surface area is 152 Å². The molecule has 0 bridgehead atoms. The molecule has 2 aliphatic heterocycles. The Balaban J connectivity index is 1.63. The van der Waals surface area contributed by atoms with Crippen molar-refractivity contribution >= 4 is 21.3 Å². The Morgan fingerprint density at radius 1 is 1.27 bits per heavy atom. The van der Waals surface area contributed by atoms with Crippen molar-refractivity contribution in [2.75, 3.05) is 44.9 Å². The van der Waals surface area contributed by atoms with E-state index in [-0.39, 0.29) is 29.5 Å². The topological polar surface area (TPSA) is 84.2 Å². The number of hydrogen-bond acceptors (Lipinski definition) is 6. The Bertz CT molecular complexity index is 926. The molecule has 4 heterocycles. The van der Waals surface area contributed by atoms with Gasteiger partial charge in [-0.05, 0) is 12.1 Å². The SMILES string of the molecule is COCCN1CCN(C(=O)c2cnn3ccccc23)[C@@H]2CS(=O)(=O)C[C@@H]21. The Hall–Kier alpha value is -1.97. The number of carbonyl (C=O) groups excluding carboxylic acids is 1. The fraction of sp³-hybridized carbons (Fsp3) is 0.529. The lowest BCUT2D eigenvalue weighted by Gasteiger charge is -2.43. The van der Waals surface area contributed by atoms with Crippen LogP contribution in [0.25, 0.3) is 5.52 Å². The van der Waals surface area contributed by atoms with E-state index >= 15 is 0 Å². The zero-order valence-electron chi connectivity index (χ0n) is 14.6. The van der Waals surface area contributed by atoms with Crippen molar-refractivity contribution in [2.24, 2.45) is 0 Å². The maximum atomic E-state index is 13.2. The van der Waals surface area contributed by atoms with Gasteiger partial charge in [-0.25, -0.2) is 12.9 Å².